The lowest BCUT2D eigenvalue weighted by Crippen LogP contribution is -2.22. The van der Waals surface area contributed by atoms with E-state index in [0.29, 0.717) is 0 Å². The summed E-state index contributed by atoms with van der Waals surface area (Å²) in [6, 6.07) is 8.69. The summed E-state index contributed by atoms with van der Waals surface area (Å²) in [6.07, 6.45) is 2.66. The minimum atomic E-state index is 0.735. The zero-order chi connectivity index (χ0) is 9.80. The standard InChI is InChI=1S/C11H14BrNO/c12-10-3-1-2-4-11(10)14-8-7-13-9-5-6-9/h1-4,9,13H,5-8H2. The highest BCUT2D eigenvalue weighted by Gasteiger charge is 2.19. The largest absolute Gasteiger partial charge is 0.491 e. The Balaban J connectivity index is 1.71. The van der Waals surface area contributed by atoms with Gasteiger partial charge < -0.3 is 10.1 Å². The van der Waals surface area contributed by atoms with Crippen LogP contribution in [0.2, 0.25) is 0 Å². The van der Waals surface area contributed by atoms with Crippen LogP contribution < -0.4 is 10.1 Å². The van der Waals surface area contributed by atoms with Gasteiger partial charge in [0.1, 0.15) is 12.4 Å². The molecule has 1 aliphatic rings. The molecule has 1 aromatic carbocycles. The van der Waals surface area contributed by atoms with E-state index in [4.69, 9.17) is 4.74 Å². The average molecular weight is 256 g/mol. The second-order valence-corrected chi connectivity index (χ2v) is 4.36. The van der Waals surface area contributed by atoms with E-state index in [1.54, 1.807) is 0 Å². The van der Waals surface area contributed by atoms with Crippen LogP contribution in [-0.4, -0.2) is 19.2 Å². The maximum absolute atomic E-state index is 5.61. The predicted molar refractivity (Wildman–Crippen MR) is 60.7 cm³/mol. The highest BCUT2D eigenvalue weighted by atomic mass is 79.9. The molecule has 0 heterocycles. The van der Waals surface area contributed by atoms with Crippen LogP contribution in [0.1, 0.15) is 12.8 Å². The minimum Gasteiger partial charge on any atom is -0.491 e. The fourth-order valence-electron chi connectivity index (χ4n) is 1.27. The maximum atomic E-state index is 5.61. The molecular formula is C11H14BrNO. The first-order chi connectivity index (χ1) is 6.86. The topological polar surface area (TPSA) is 21.3 Å². The van der Waals surface area contributed by atoms with E-state index in [9.17, 15) is 0 Å². The van der Waals surface area contributed by atoms with Gasteiger partial charge in [-0.2, -0.15) is 0 Å². The van der Waals surface area contributed by atoms with Crippen molar-refractivity contribution in [2.75, 3.05) is 13.2 Å². The second kappa shape index (κ2) is 4.80. The first-order valence-corrected chi connectivity index (χ1v) is 5.76. The summed E-state index contributed by atoms with van der Waals surface area (Å²) >= 11 is 3.44. The highest BCUT2D eigenvalue weighted by Crippen LogP contribution is 2.23. The third-order valence-electron chi connectivity index (χ3n) is 2.21. The number of ether oxygens (including phenoxy) is 1. The van der Waals surface area contributed by atoms with Crippen molar-refractivity contribution in [2.24, 2.45) is 0 Å². The Morgan fingerprint density at radius 2 is 2.14 bits per heavy atom. The van der Waals surface area contributed by atoms with Gasteiger partial charge in [-0.15, -0.1) is 0 Å². The number of hydrogen-bond donors (Lipinski definition) is 1. The molecule has 1 N–H and O–H groups in total. The Morgan fingerprint density at radius 3 is 2.86 bits per heavy atom. The Hall–Kier alpha value is -0.540. The van der Waals surface area contributed by atoms with E-state index < -0.39 is 0 Å². The number of benzene rings is 1. The molecular weight excluding hydrogens is 242 g/mol. The molecule has 0 amide bonds. The van der Waals surface area contributed by atoms with Gasteiger partial charge in [-0.25, -0.2) is 0 Å². The molecule has 14 heavy (non-hydrogen) atoms. The number of para-hydroxylation sites is 1. The molecule has 2 nitrogen and oxygen atoms in total. The van der Waals surface area contributed by atoms with E-state index in [0.717, 1.165) is 29.4 Å². The highest BCUT2D eigenvalue weighted by molar-refractivity contribution is 9.10. The number of nitrogens with one attached hydrogen (secondary N) is 1. The predicted octanol–water partition coefficient (Wildman–Crippen LogP) is 2.58. The summed E-state index contributed by atoms with van der Waals surface area (Å²) < 4.78 is 6.63. The molecule has 0 aromatic heterocycles. The minimum absolute atomic E-state index is 0.735. The zero-order valence-corrected chi connectivity index (χ0v) is 9.59. The summed E-state index contributed by atoms with van der Waals surface area (Å²) in [5.41, 5.74) is 0. The molecule has 3 heteroatoms. The maximum Gasteiger partial charge on any atom is 0.133 e. The van der Waals surface area contributed by atoms with E-state index >= 15 is 0 Å². The molecule has 1 saturated carbocycles. The van der Waals surface area contributed by atoms with Crippen LogP contribution >= 0.6 is 15.9 Å². The smallest absolute Gasteiger partial charge is 0.133 e. The van der Waals surface area contributed by atoms with Crippen LogP contribution in [0, 0.1) is 0 Å². The molecule has 0 aliphatic heterocycles. The van der Waals surface area contributed by atoms with E-state index in [-0.39, 0.29) is 0 Å². The van der Waals surface area contributed by atoms with Crippen molar-refractivity contribution < 1.29 is 4.74 Å². The first kappa shape index (κ1) is 9.99. The monoisotopic (exact) mass is 255 g/mol. The van der Waals surface area contributed by atoms with Gasteiger partial charge in [0, 0.05) is 12.6 Å². The normalized spacial score (nSPS) is 15.5. The van der Waals surface area contributed by atoms with Crippen LogP contribution in [0.4, 0.5) is 0 Å². The van der Waals surface area contributed by atoms with Crippen molar-refractivity contribution in [3.63, 3.8) is 0 Å². The van der Waals surface area contributed by atoms with Gasteiger partial charge in [0.2, 0.25) is 0 Å². The van der Waals surface area contributed by atoms with Gasteiger partial charge in [0.15, 0.2) is 0 Å². The number of hydrogen-bond acceptors (Lipinski definition) is 2. The van der Waals surface area contributed by atoms with Gasteiger partial charge in [-0.1, -0.05) is 12.1 Å². The lowest BCUT2D eigenvalue weighted by molar-refractivity contribution is 0.311. The third-order valence-corrected chi connectivity index (χ3v) is 2.86. The molecule has 76 valence electrons. The van der Waals surface area contributed by atoms with Crippen molar-refractivity contribution in [3.8, 4) is 5.75 Å². The lowest BCUT2D eigenvalue weighted by Gasteiger charge is -2.08. The third kappa shape index (κ3) is 3.00. The van der Waals surface area contributed by atoms with Crippen molar-refractivity contribution in [1.29, 1.82) is 0 Å². The van der Waals surface area contributed by atoms with Crippen LogP contribution in [0.15, 0.2) is 28.7 Å². The molecule has 1 fully saturated rings. The SMILES string of the molecule is Brc1ccccc1OCCNC1CC1. The van der Waals surface area contributed by atoms with Gasteiger partial charge in [-0.05, 0) is 40.9 Å². The quantitative estimate of drug-likeness (QED) is 0.817. The molecule has 0 saturated heterocycles. The molecule has 0 bridgehead atoms. The van der Waals surface area contributed by atoms with Crippen LogP contribution in [0.5, 0.6) is 5.75 Å². The zero-order valence-electron chi connectivity index (χ0n) is 8.00. The first-order valence-electron chi connectivity index (χ1n) is 4.97. The Morgan fingerprint density at radius 1 is 1.36 bits per heavy atom. The number of rotatable bonds is 5. The molecule has 0 spiro atoms. The van der Waals surface area contributed by atoms with Gasteiger partial charge in [0.05, 0.1) is 4.47 Å². The summed E-state index contributed by atoms with van der Waals surface area (Å²) in [5, 5.41) is 3.41. The fraction of sp³-hybridized carbons (Fsp3) is 0.455. The van der Waals surface area contributed by atoms with Crippen molar-refractivity contribution in [3.05, 3.63) is 28.7 Å². The Bertz CT molecular complexity index is 299. The molecule has 1 aliphatic carbocycles. The van der Waals surface area contributed by atoms with E-state index in [1.165, 1.54) is 12.8 Å². The summed E-state index contributed by atoms with van der Waals surface area (Å²) in [6.45, 7) is 1.67. The van der Waals surface area contributed by atoms with E-state index in [1.807, 2.05) is 24.3 Å². The molecule has 0 atom stereocenters. The second-order valence-electron chi connectivity index (χ2n) is 3.51. The average Bonchev–Trinajstić information content (AvgIpc) is 2.99. The summed E-state index contributed by atoms with van der Waals surface area (Å²) in [4.78, 5) is 0. The molecule has 1 aromatic rings. The Kier molecular flexibility index (Phi) is 3.43. The van der Waals surface area contributed by atoms with Crippen LogP contribution in [-0.2, 0) is 0 Å². The van der Waals surface area contributed by atoms with Crippen molar-refractivity contribution in [1.82, 2.24) is 5.32 Å². The van der Waals surface area contributed by atoms with E-state index in [2.05, 4.69) is 21.2 Å². The molecule has 0 radical (unpaired) electrons. The summed E-state index contributed by atoms with van der Waals surface area (Å²) in [5.74, 6) is 0.921. The molecule has 2 rings (SSSR count). The molecule has 0 unspecified atom stereocenters. The lowest BCUT2D eigenvalue weighted by atomic mass is 10.3. The number of halogens is 1. The van der Waals surface area contributed by atoms with Crippen LogP contribution in [0.3, 0.4) is 0 Å². The van der Waals surface area contributed by atoms with Gasteiger partial charge >= 0.3 is 0 Å². The van der Waals surface area contributed by atoms with Crippen molar-refractivity contribution in [2.45, 2.75) is 18.9 Å². The summed E-state index contributed by atoms with van der Waals surface area (Å²) in [7, 11) is 0. The van der Waals surface area contributed by atoms with Crippen LogP contribution in [0.25, 0.3) is 0 Å². The van der Waals surface area contributed by atoms with Crippen molar-refractivity contribution >= 4 is 15.9 Å². The van der Waals surface area contributed by atoms with Gasteiger partial charge in [-0.3, -0.25) is 0 Å². The van der Waals surface area contributed by atoms with Gasteiger partial charge in [0.25, 0.3) is 0 Å². The Labute approximate surface area is 92.8 Å². The fourth-order valence-corrected chi connectivity index (χ4v) is 1.67.